The van der Waals surface area contributed by atoms with E-state index in [1.54, 1.807) is 26.2 Å². The van der Waals surface area contributed by atoms with Gasteiger partial charge in [-0.05, 0) is 127 Å². The second-order valence-corrected chi connectivity index (χ2v) is 22.9. The molecule has 0 saturated carbocycles. The molecule has 0 bridgehead atoms. The smallest absolute Gasteiger partial charge is 0.333 e. The van der Waals surface area contributed by atoms with E-state index in [1.807, 2.05) is 23.9 Å². The first-order chi connectivity index (χ1) is 33.0. The van der Waals surface area contributed by atoms with Crippen LogP contribution < -0.4 is 4.90 Å². The lowest BCUT2D eigenvalue weighted by Gasteiger charge is -2.28. The molecule has 0 spiro atoms. The molecule has 0 radical (unpaired) electrons. The Hall–Kier alpha value is -6.08. The van der Waals surface area contributed by atoms with Gasteiger partial charge in [0, 0.05) is 84.2 Å². The summed E-state index contributed by atoms with van der Waals surface area (Å²) in [4.78, 5) is 46.9. The lowest BCUT2D eigenvalue weighted by Crippen LogP contribution is -2.32. The second kappa shape index (κ2) is 19.0. The Bertz CT molecular complexity index is 3180. The summed E-state index contributed by atoms with van der Waals surface area (Å²) in [5.74, 6) is -1.49. The molecule has 0 atom stereocenters. The van der Waals surface area contributed by atoms with Crippen LogP contribution in [0.15, 0.2) is 153 Å². The van der Waals surface area contributed by atoms with Gasteiger partial charge in [0.2, 0.25) is 15.7 Å². The van der Waals surface area contributed by atoms with Crippen LogP contribution in [0.2, 0.25) is 0 Å². The number of allylic oxidation sites excluding steroid dienone is 7. The highest BCUT2D eigenvalue weighted by Gasteiger charge is 2.45. The number of rotatable bonds is 14. The molecule has 9 rings (SSSR count). The van der Waals surface area contributed by atoms with Crippen molar-refractivity contribution >= 4 is 78.2 Å². The lowest BCUT2D eigenvalue weighted by atomic mass is 9.78. The molecule has 10 nitrogen and oxygen atoms in total. The molecule has 3 aliphatic heterocycles. The number of benzene rings is 5. The number of carbonyl (C=O) groups is 3. The Morgan fingerprint density at radius 1 is 0.768 bits per heavy atom. The highest BCUT2D eigenvalue weighted by Crippen LogP contribution is 2.52. The summed E-state index contributed by atoms with van der Waals surface area (Å²) in [6.45, 7) is 9.93. The van der Waals surface area contributed by atoms with Crippen molar-refractivity contribution in [2.75, 3.05) is 32.6 Å². The Balaban J connectivity index is 1.04. The van der Waals surface area contributed by atoms with E-state index in [4.69, 9.17) is 4.84 Å². The van der Waals surface area contributed by atoms with Gasteiger partial charge in [0.1, 0.15) is 7.05 Å². The third kappa shape index (κ3) is 9.03. The number of anilines is 1. The summed E-state index contributed by atoms with van der Waals surface area (Å²) in [5, 5.41) is 5.03. The first-order valence-corrected chi connectivity index (χ1v) is 26.3. The van der Waals surface area contributed by atoms with E-state index in [0.29, 0.717) is 11.5 Å². The average Bonchev–Trinajstić information content (AvgIpc) is 3.84. The van der Waals surface area contributed by atoms with E-state index in [2.05, 4.69) is 141 Å². The van der Waals surface area contributed by atoms with Crippen LogP contribution in [0.1, 0.15) is 96.6 Å². The summed E-state index contributed by atoms with van der Waals surface area (Å²) in [6, 6.07) is 33.3. The van der Waals surface area contributed by atoms with Gasteiger partial charge in [0.05, 0.1) is 10.3 Å². The lowest BCUT2D eigenvalue weighted by molar-refractivity contribution is -0.401. The Labute approximate surface area is 410 Å². The van der Waals surface area contributed by atoms with Crippen molar-refractivity contribution in [2.45, 2.75) is 106 Å². The van der Waals surface area contributed by atoms with E-state index in [0.717, 1.165) is 55.1 Å². The number of imide groups is 1. The maximum atomic E-state index is 13.1. The van der Waals surface area contributed by atoms with Crippen LogP contribution in [0.3, 0.4) is 0 Å². The first kappa shape index (κ1) is 48.0. The third-order valence-electron chi connectivity index (χ3n) is 14.3. The molecule has 5 aromatic carbocycles. The molecule has 1 fully saturated rings. The Kier molecular flexibility index (Phi) is 13.2. The van der Waals surface area contributed by atoms with Gasteiger partial charge in [-0.15, -0.1) is 5.06 Å². The van der Waals surface area contributed by atoms with Gasteiger partial charge in [-0.1, -0.05) is 98.8 Å². The van der Waals surface area contributed by atoms with Crippen molar-refractivity contribution in [1.29, 1.82) is 0 Å². The normalized spacial score (nSPS) is 19.1. The fourth-order valence-electron chi connectivity index (χ4n) is 10.7. The Morgan fingerprint density at radius 2 is 1.48 bits per heavy atom. The minimum absolute atomic E-state index is 0.0755. The van der Waals surface area contributed by atoms with Crippen molar-refractivity contribution < 1.29 is 32.2 Å². The van der Waals surface area contributed by atoms with Gasteiger partial charge >= 0.3 is 5.97 Å². The number of fused-ring (bicyclic) bond motifs is 6. The standard InChI is InChI=1S/C57H61N4O6S2/c1-56(2)48(59(7)46-30-25-41-37-43(69(65,66)58(5)6)28-29-45(41)53(46)56)32-26-39-18-16-19-40(55(39)68-42-20-10-8-11-21-42)27-33-49-57(3,4)54-44-22-14-13-17-38(44)24-31-47(54)60(49)36-15-9-12-23-52(64)67-61-50(62)34-35-51(61)63/h8,10-11,13-14,17,20-22,24-33,37H,9,12,15-16,18-19,23,34-36H2,1-7H3/q+1. The topological polar surface area (TPSA) is 107 Å². The summed E-state index contributed by atoms with van der Waals surface area (Å²) in [6.07, 6.45) is 14.7. The van der Waals surface area contributed by atoms with Crippen molar-refractivity contribution in [3.63, 3.8) is 0 Å². The van der Waals surface area contributed by atoms with Gasteiger partial charge in [0.15, 0.2) is 5.71 Å². The molecule has 0 N–H and O–H groups in total. The Morgan fingerprint density at radius 3 is 2.23 bits per heavy atom. The van der Waals surface area contributed by atoms with Gasteiger partial charge in [-0.3, -0.25) is 9.59 Å². The van der Waals surface area contributed by atoms with E-state index < -0.39 is 27.8 Å². The van der Waals surface area contributed by atoms with Crippen LogP contribution in [0.4, 0.5) is 11.4 Å². The van der Waals surface area contributed by atoms with Gasteiger partial charge in [-0.2, -0.15) is 4.58 Å². The summed E-state index contributed by atoms with van der Waals surface area (Å²) in [7, 11) is 1.67. The number of sulfonamides is 1. The van der Waals surface area contributed by atoms with Gasteiger partial charge < -0.3 is 9.74 Å². The minimum Gasteiger partial charge on any atom is -0.344 e. The summed E-state index contributed by atoms with van der Waals surface area (Å²) >= 11 is 1.83. The highest BCUT2D eigenvalue weighted by molar-refractivity contribution is 8.03. The highest BCUT2D eigenvalue weighted by atomic mass is 32.2. The molecule has 1 aliphatic carbocycles. The third-order valence-corrected chi connectivity index (χ3v) is 17.3. The average molecular weight is 962 g/mol. The zero-order valence-corrected chi connectivity index (χ0v) is 42.3. The van der Waals surface area contributed by atoms with Crippen LogP contribution in [0.25, 0.3) is 21.5 Å². The quantitative estimate of drug-likeness (QED) is 0.0615. The molecule has 5 aromatic rings. The maximum Gasteiger partial charge on any atom is 0.333 e. The largest absolute Gasteiger partial charge is 0.344 e. The molecule has 0 aromatic heterocycles. The van der Waals surface area contributed by atoms with Crippen LogP contribution in [-0.2, 0) is 40.1 Å². The number of hydroxylamine groups is 2. The number of nitrogens with zero attached hydrogens (tertiary/aromatic N) is 4. The van der Waals surface area contributed by atoms with Crippen molar-refractivity contribution in [1.82, 2.24) is 9.37 Å². The molecule has 12 heteroatoms. The number of unbranched alkanes of at least 4 members (excludes halogenated alkanes) is 2. The van der Waals surface area contributed by atoms with E-state index in [9.17, 15) is 22.8 Å². The van der Waals surface area contributed by atoms with Gasteiger partial charge in [-0.25, -0.2) is 17.5 Å². The zero-order chi connectivity index (χ0) is 48.8. The predicted molar refractivity (Wildman–Crippen MR) is 277 cm³/mol. The SMILES string of the molecule is CN(C)S(=O)(=O)c1ccc2c3c(ccc2c1)[N+](C)=C(/C=C/C1=C(Sc2ccccc2)C(=C/C=C2/N(CCCCCC(=O)ON4C(=O)CCC4=O)c4ccc5ccccc5c4C2(C)C)/CCC1)C3(C)C. The molecule has 356 valence electrons. The molecule has 69 heavy (non-hydrogen) atoms. The number of carbonyl (C=O) groups excluding carboxylic acids is 3. The molecule has 0 unspecified atom stereocenters. The first-order valence-electron chi connectivity index (χ1n) is 24.0. The van der Waals surface area contributed by atoms with Crippen molar-refractivity contribution in [3.8, 4) is 0 Å². The fourth-order valence-corrected chi connectivity index (χ4v) is 12.8. The fraction of sp³-hybridized carbons (Fsp3) is 0.333. The van der Waals surface area contributed by atoms with Crippen molar-refractivity contribution in [2.24, 2.45) is 0 Å². The van der Waals surface area contributed by atoms with Crippen LogP contribution in [-0.4, -0.2) is 73.5 Å². The van der Waals surface area contributed by atoms with E-state index in [1.165, 1.54) is 64.2 Å². The van der Waals surface area contributed by atoms with Crippen LogP contribution in [0, 0.1) is 0 Å². The zero-order valence-electron chi connectivity index (χ0n) is 40.7. The molecule has 2 amide bonds. The van der Waals surface area contributed by atoms with Crippen LogP contribution >= 0.6 is 11.8 Å². The van der Waals surface area contributed by atoms with E-state index in [-0.39, 0.29) is 35.0 Å². The molecule has 4 aliphatic rings. The number of amides is 2. The summed E-state index contributed by atoms with van der Waals surface area (Å²) in [5.41, 5.74) is 9.13. The number of hydrogen-bond acceptors (Lipinski definition) is 8. The van der Waals surface area contributed by atoms with Crippen molar-refractivity contribution in [3.05, 3.63) is 154 Å². The van der Waals surface area contributed by atoms with E-state index >= 15 is 0 Å². The molecule has 3 heterocycles. The maximum absolute atomic E-state index is 13.1. The number of thioether (sulfide) groups is 1. The second-order valence-electron chi connectivity index (χ2n) is 19.7. The molecular weight excluding hydrogens is 901 g/mol. The molecular formula is C57H61N4O6S2+. The van der Waals surface area contributed by atoms with Crippen LogP contribution in [0.5, 0.6) is 0 Å². The minimum atomic E-state index is -3.58. The summed E-state index contributed by atoms with van der Waals surface area (Å²) < 4.78 is 29.7. The number of hydrogen-bond donors (Lipinski definition) is 0. The monoisotopic (exact) mass is 961 g/mol. The molecule has 1 saturated heterocycles. The van der Waals surface area contributed by atoms with Gasteiger partial charge in [0.25, 0.3) is 11.8 Å². The predicted octanol–water partition coefficient (Wildman–Crippen LogP) is 11.8.